The van der Waals surface area contributed by atoms with Gasteiger partial charge in [-0.15, -0.1) is 0 Å². The van der Waals surface area contributed by atoms with Gasteiger partial charge in [-0.05, 0) is 38.0 Å². The first-order valence-corrected chi connectivity index (χ1v) is 8.37. The zero-order chi connectivity index (χ0) is 16.9. The zero-order valence-corrected chi connectivity index (χ0v) is 14.2. The van der Waals surface area contributed by atoms with E-state index in [1.54, 1.807) is 0 Å². The summed E-state index contributed by atoms with van der Waals surface area (Å²) in [7, 11) is 0. The fourth-order valence-electron chi connectivity index (χ4n) is 2.90. The molecule has 1 amide bonds. The lowest BCUT2D eigenvalue weighted by Crippen LogP contribution is -2.26. The fraction of sp³-hybridized carbons (Fsp3) is 0.300. The summed E-state index contributed by atoms with van der Waals surface area (Å²) in [4.78, 5) is 16.6. The molecule has 0 radical (unpaired) electrons. The van der Waals surface area contributed by atoms with Gasteiger partial charge in [0.25, 0.3) is 0 Å². The van der Waals surface area contributed by atoms with Crippen molar-refractivity contribution in [3.63, 3.8) is 0 Å². The minimum absolute atomic E-state index is 0.0751. The van der Waals surface area contributed by atoms with E-state index in [9.17, 15) is 4.79 Å². The highest BCUT2D eigenvalue weighted by molar-refractivity contribution is 5.78. The summed E-state index contributed by atoms with van der Waals surface area (Å²) in [5.74, 6) is 1.09. The maximum absolute atomic E-state index is 12.0. The van der Waals surface area contributed by atoms with Crippen LogP contribution < -0.4 is 5.32 Å². The fourth-order valence-corrected chi connectivity index (χ4v) is 2.90. The van der Waals surface area contributed by atoms with Crippen LogP contribution in [0.25, 0.3) is 11.0 Å². The van der Waals surface area contributed by atoms with E-state index < -0.39 is 0 Å². The van der Waals surface area contributed by atoms with E-state index in [0.717, 1.165) is 35.4 Å². The van der Waals surface area contributed by atoms with Crippen molar-refractivity contribution >= 4 is 16.9 Å². The number of aromatic nitrogens is 2. The molecule has 4 nitrogen and oxygen atoms in total. The Morgan fingerprint density at radius 2 is 1.83 bits per heavy atom. The molecule has 1 N–H and O–H groups in total. The van der Waals surface area contributed by atoms with Crippen molar-refractivity contribution in [3.05, 3.63) is 65.5 Å². The molecule has 3 aromatic rings. The van der Waals surface area contributed by atoms with Gasteiger partial charge in [0.2, 0.25) is 5.91 Å². The Bertz CT molecular complexity index is 834. The van der Waals surface area contributed by atoms with E-state index >= 15 is 0 Å². The third kappa shape index (κ3) is 3.82. The van der Waals surface area contributed by atoms with Crippen LogP contribution in [0, 0.1) is 13.8 Å². The molecular formula is C20H23N3O. The molecule has 0 fully saturated rings. The van der Waals surface area contributed by atoms with Gasteiger partial charge in [-0.25, -0.2) is 4.98 Å². The number of nitrogens with one attached hydrogen (secondary N) is 1. The highest BCUT2D eigenvalue weighted by Gasteiger charge is 2.07. The first-order chi connectivity index (χ1) is 11.6. The molecule has 0 saturated carbocycles. The zero-order valence-electron chi connectivity index (χ0n) is 14.2. The van der Waals surface area contributed by atoms with Crippen LogP contribution in [-0.2, 0) is 17.8 Å². The number of amides is 1. The van der Waals surface area contributed by atoms with Gasteiger partial charge in [-0.1, -0.05) is 42.0 Å². The Morgan fingerprint density at radius 3 is 2.62 bits per heavy atom. The van der Waals surface area contributed by atoms with Gasteiger partial charge in [0, 0.05) is 13.1 Å². The van der Waals surface area contributed by atoms with Crippen molar-refractivity contribution in [2.24, 2.45) is 0 Å². The second-order valence-corrected chi connectivity index (χ2v) is 6.17. The number of carbonyl (C=O) groups excluding carboxylic acids is 1. The summed E-state index contributed by atoms with van der Waals surface area (Å²) < 4.78 is 2.21. The highest BCUT2D eigenvalue weighted by Crippen LogP contribution is 2.15. The van der Waals surface area contributed by atoms with Crippen molar-refractivity contribution in [3.8, 4) is 0 Å². The first kappa shape index (κ1) is 16.2. The molecule has 0 aliphatic carbocycles. The second kappa shape index (κ2) is 7.30. The molecule has 0 bridgehead atoms. The molecule has 0 aliphatic rings. The molecule has 0 aliphatic heterocycles. The van der Waals surface area contributed by atoms with Crippen molar-refractivity contribution in [1.82, 2.24) is 14.9 Å². The Balaban J connectivity index is 1.48. The van der Waals surface area contributed by atoms with Crippen molar-refractivity contribution < 1.29 is 4.79 Å². The molecule has 0 saturated heterocycles. The van der Waals surface area contributed by atoms with Crippen LogP contribution in [0.3, 0.4) is 0 Å². The number of aryl methyl sites for hydroxylation is 3. The summed E-state index contributed by atoms with van der Waals surface area (Å²) in [5.41, 5.74) is 4.44. The molecule has 0 atom stereocenters. The van der Waals surface area contributed by atoms with E-state index in [1.807, 2.05) is 56.3 Å². The van der Waals surface area contributed by atoms with Crippen molar-refractivity contribution in [2.45, 2.75) is 33.2 Å². The van der Waals surface area contributed by atoms with Crippen molar-refractivity contribution in [2.75, 3.05) is 6.54 Å². The SMILES string of the molecule is Cc1ccc(CC(=O)NCCCn2c(C)nc3ccccc32)cc1. The van der Waals surface area contributed by atoms with E-state index in [2.05, 4.69) is 20.9 Å². The number of para-hydroxylation sites is 2. The number of nitrogens with zero attached hydrogens (tertiary/aromatic N) is 2. The molecule has 124 valence electrons. The smallest absolute Gasteiger partial charge is 0.224 e. The van der Waals surface area contributed by atoms with Crippen LogP contribution in [0.4, 0.5) is 0 Å². The normalized spacial score (nSPS) is 10.9. The molecule has 1 aromatic heterocycles. The summed E-state index contributed by atoms with van der Waals surface area (Å²) in [6.45, 7) is 5.61. The summed E-state index contributed by atoms with van der Waals surface area (Å²) >= 11 is 0. The quantitative estimate of drug-likeness (QED) is 0.707. The van der Waals surface area contributed by atoms with Gasteiger partial charge in [-0.2, -0.15) is 0 Å². The first-order valence-electron chi connectivity index (χ1n) is 8.37. The summed E-state index contributed by atoms with van der Waals surface area (Å²) in [5, 5.41) is 3.00. The lowest BCUT2D eigenvalue weighted by atomic mass is 10.1. The van der Waals surface area contributed by atoms with Crippen LogP contribution >= 0.6 is 0 Å². The Morgan fingerprint density at radius 1 is 1.08 bits per heavy atom. The average Bonchev–Trinajstić information content (AvgIpc) is 2.89. The van der Waals surface area contributed by atoms with E-state index in [0.29, 0.717) is 13.0 Å². The Hall–Kier alpha value is -2.62. The van der Waals surface area contributed by atoms with Crippen LogP contribution in [-0.4, -0.2) is 22.0 Å². The third-order valence-electron chi connectivity index (χ3n) is 4.21. The van der Waals surface area contributed by atoms with E-state index in [-0.39, 0.29) is 5.91 Å². The predicted molar refractivity (Wildman–Crippen MR) is 97.0 cm³/mol. The van der Waals surface area contributed by atoms with Gasteiger partial charge in [0.05, 0.1) is 17.5 Å². The Kier molecular flexibility index (Phi) is 4.94. The monoisotopic (exact) mass is 321 g/mol. The maximum atomic E-state index is 12.0. The molecule has 3 rings (SSSR count). The average molecular weight is 321 g/mol. The minimum atomic E-state index is 0.0751. The number of hydrogen-bond acceptors (Lipinski definition) is 2. The summed E-state index contributed by atoms with van der Waals surface area (Å²) in [6.07, 6.45) is 1.33. The number of imidazole rings is 1. The van der Waals surface area contributed by atoms with Gasteiger partial charge >= 0.3 is 0 Å². The lowest BCUT2D eigenvalue weighted by molar-refractivity contribution is -0.120. The number of benzene rings is 2. The lowest BCUT2D eigenvalue weighted by Gasteiger charge is -2.08. The third-order valence-corrected chi connectivity index (χ3v) is 4.21. The number of rotatable bonds is 6. The molecule has 2 aromatic carbocycles. The van der Waals surface area contributed by atoms with Crippen LogP contribution in [0.2, 0.25) is 0 Å². The van der Waals surface area contributed by atoms with Gasteiger partial charge in [-0.3, -0.25) is 4.79 Å². The largest absolute Gasteiger partial charge is 0.356 e. The second-order valence-electron chi connectivity index (χ2n) is 6.17. The molecule has 24 heavy (non-hydrogen) atoms. The highest BCUT2D eigenvalue weighted by atomic mass is 16.1. The molecule has 1 heterocycles. The van der Waals surface area contributed by atoms with Gasteiger partial charge in [0.15, 0.2) is 0 Å². The molecule has 0 unspecified atom stereocenters. The standard InChI is InChI=1S/C20H23N3O/c1-15-8-10-17(11-9-15)14-20(24)21-12-5-13-23-16(2)22-18-6-3-4-7-19(18)23/h3-4,6-11H,5,12-14H2,1-2H3,(H,21,24). The van der Waals surface area contributed by atoms with E-state index in [1.165, 1.54) is 5.56 Å². The molecule has 4 heteroatoms. The van der Waals surface area contributed by atoms with Gasteiger partial charge < -0.3 is 9.88 Å². The Labute approximate surface area is 142 Å². The van der Waals surface area contributed by atoms with E-state index in [4.69, 9.17) is 0 Å². The van der Waals surface area contributed by atoms with Crippen LogP contribution in [0.1, 0.15) is 23.4 Å². The number of hydrogen-bond donors (Lipinski definition) is 1. The van der Waals surface area contributed by atoms with Crippen LogP contribution in [0.5, 0.6) is 0 Å². The number of carbonyl (C=O) groups is 1. The maximum Gasteiger partial charge on any atom is 0.224 e. The minimum Gasteiger partial charge on any atom is -0.356 e. The molecule has 0 spiro atoms. The van der Waals surface area contributed by atoms with Crippen LogP contribution in [0.15, 0.2) is 48.5 Å². The predicted octanol–water partition coefficient (Wildman–Crippen LogP) is 3.40. The van der Waals surface area contributed by atoms with Gasteiger partial charge in [0.1, 0.15) is 5.82 Å². The topological polar surface area (TPSA) is 46.9 Å². The van der Waals surface area contributed by atoms with Crippen molar-refractivity contribution in [1.29, 1.82) is 0 Å². The molecular weight excluding hydrogens is 298 g/mol. The summed E-state index contributed by atoms with van der Waals surface area (Å²) in [6, 6.07) is 16.2. The number of fused-ring (bicyclic) bond motifs is 1.